The predicted octanol–water partition coefficient (Wildman–Crippen LogP) is 2.69. The van der Waals surface area contributed by atoms with Gasteiger partial charge < -0.3 is 10.6 Å². The molecule has 0 bridgehead atoms. The Balaban J connectivity index is 1.52. The number of carbonyl (C=O) groups is 1. The van der Waals surface area contributed by atoms with Gasteiger partial charge >= 0.3 is 0 Å². The summed E-state index contributed by atoms with van der Waals surface area (Å²) in [7, 11) is 0. The highest BCUT2D eigenvalue weighted by Gasteiger charge is 2.16. The van der Waals surface area contributed by atoms with E-state index in [4.69, 9.17) is 0 Å². The number of hydrogen-bond acceptors (Lipinski definition) is 5. The zero-order chi connectivity index (χ0) is 19.5. The summed E-state index contributed by atoms with van der Waals surface area (Å²) in [6.07, 6.45) is 3.74. The molecule has 146 valence electrons. The Morgan fingerprint density at radius 2 is 2.04 bits per heavy atom. The average Bonchev–Trinajstić information content (AvgIpc) is 3.14. The summed E-state index contributed by atoms with van der Waals surface area (Å²) in [5, 5.41) is 8.97. The predicted molar refractivity (Wildman–Crippen MR) is 113 cm³/mol. The van der Waals surface area contributed by atoms with E-state index in [1.807, 2.05) is 36.6 Å². The molecule has 4 rings (SSSR count). The Morgan fingerprint density at radius 1 is 1.29 bits per heavy atom. The minimum Gasteiger partial charge on any atom is -0.353 e. The number of rotatable bonds is 5. The fourth-order valence-corrected chi connectivity index (χ4v) is 4.47. The van der Waals surface area contributed by atoms with E-state index in [-0.39, 0.29) is 23.9 Å². The molecule has 1 amide bonds. The second-order valence-corrected chi connectivity index (χ2v) is 8.14. The van der Waals surface area contributed by atoms with Crippen molar-refractivity contribution in [2.75, 3.05) is 13.1 Å². The van der Waals surface area contributed by atoms with Crippen molar-refractivity contribution in [3.63, 3.8) is 0 Å². The number of nitrogens with zero attached hydrogens (tertiary/aromatic N) is 2. The van der Waals surface area contributed by atoms with Crippen molar-refractivity contribution in [2.24, 2.45) is 0 Å². The molecule has 2 N–H and O–H groups in total. The van der Waals surface area contributed by atoms with Crippen LogP contribution >= 0.6 is 11.3 Å². The van der Waals surface area contributed by atoms with Crippen molar-refractivity contribution < 1.29 is 4.79 Å². The topological polar surface area (TPSA) is 76.0 Å². The fourth-order valence-electron chi connectivity index (χ4n) is 3.56. The monoisotopic (exact) mass is 396 g/mol. The van der Waals surface area contributed by atoms with Gasteiger partial charge in [-0.25, -0.2) is 4.98 Å². The molecule has 1 aliphatic rings. The first-order chi connectivity index (χ1) is 13.6. The first kappa shape index (κ1) is 18.8. The van der Waals surface area contributed by atoms with Crippen LogP contribution in [0.2, 0.25) is 0 Å². The van der Waals surface area contributed by atoms with E-state index in [2.05, 4.69) is 15.6 Å². The lowest BCUT2D eigenvalue weighted by atomic mass is 10.1. The van der Waals surface area contributed by atoms with Crippen LogP contribution in [0.5, 0.6) is 0 Å². The van der Waals surface area contributed by atoms with Crippen LogP contribution in [-0.4, -0.2) is 34.6 Å². The van der Waals surface area contributed by atoms with Gasteiger partial charge in [0.1, 0.15) is 4.83 Å². The Bertz CT molecular complexity index is 1030. The number of carbonyl (C=O) groups excluding carboxylic acids is 1. The second kappa shape index (κ2) is 8.24. The molecule has 7 heteroatoms. The quantitative estimate of drug-likeness (QED) is 0.695. The number of nitrogens with one attached hydrogen (secondary N) is 2. The molecule has 0 aliphatic carbocycles. The van der Waals surface area contributed by atoms with Gasteiger partial charge in [-0.15, -0.1) is 11.3 Å². The lowest BCUT2D eigenvalue weighted by Crippen LogP contribution is -2.43. The molecule has 3 heterocycles. The van der Waals surface area contributed by atoms with E-state index in [9.17, 15) is 9.59 Å². The molecule has 0 spiro atoms. The SMILES string of the molecule is Cc1ccc(-c2csc3ncn(CCC(=O)NC4CCNCC4)c(=O)c23)cc1. The van der Waals surface area contributed by atoms with Gasteiger partial charge in [0.05, 0.1) is 11.7 Å². The minimum absolute atomic E-state index is 0.0111. The van der Waals surface area contributed by atoms with Crippen LogP contribution in [0.4, 0.5) is 0 Å². The van der Waals surface area contributed by atoms with Crippen LogP contribution in [0.1, 0.15) is 24.8 Å². The Morgan fingerprint density at radius 3 is 2.79 bits per heavy atom. The van der Waals surface area contributed by atoms with Gasteiger partial charge in [0.25, 0.3) is 5.56 Å². The lowest BCUT2D eigenvalue weighted by molar-refractivity contribution is -0.122. The second-order valence-electron chi connectivity index (χ2n) is 7.28. The highest BCUT2D eigenvalue weighted by atomic mass is 32.1. The number of benzene rings is 1. The first-order valence-electron chi connectivity index (χ1n) is 9.65. The van der Waals surface area contributed by atoms with E-state index in [1.54, 1.807) is 10.9 Å². The van der Waals surface area contributed by atoms with E-state index in [0.717, 1.165) is 41.9 Å². The molecule has 0 unspecified atom stereocenters. The maximum atomic E-state index is 13.0. The van der Waals surface area contributed by atoms with Crippen LogP contribution in [-0.2, 0) is 11.3 Å². The number of aryl methyl sites for hydroxylation is 2. The third-order valence-corrected chi connectivity index (χ3v) is 6.09. The molecule has 1 aliphatic heterocycles. The molecule has 0 atom stereocenters. The first-order valence-corrected chi connectivity index (χ1v) is 10.5. The van der Waals surface area contributed by atoms with E-state index >= 15 is 0 Å². The van der Waals surface area contributed by atoms with E-state index < -0.39 is 0 Å². The summed E-state index contributed by atoms with van der Waals surface area (Å²) in [6.45, 7) is 4.25. The third kappa shape index (κ3) is 4.00. The number of amides is 1. The van der Waals surface area contributed by atoms with Gasteiger partial charge in [-0.05, 0) is 38.4 Å². The Labute approximate surface area is 167 Å². The smallest absolute Gasteiger partial charge is 0.262 e. The van der Waals surface area contributed by atoms with Crippen molar-refractivity contribution in [3.05, 3.63) is 51.9 Å². The van der Waals surface area contributed by atoms with Crippen molar-refractivity contribution in [1.82, 2.24) is 20.2 Å². The molecule has 0 saturated carbocycles. The zero-order valence-corrected chi connectivity index (χ0v) is 16.7. The van der Waals surface area contributed by atoms with E-state index in [1.165, 1.54) is 16.9 Å². The maximum Gasteiger partial charge on any atom is 0.262 e. The highest BCUT2D eigenvalue weighted by molar-refractivity contribution is 7.17. The number of hydrogen-bond donors (Lipinski definition) is 2. The summed E-state index contributed by atoms with van der Waals surface area (Å²) in [5.74, 6) is -0.0111. The van der Waals surface area contributed by atoms with Gasteiger partial charge in [0, 0.05) is 30.0 Å². The Hall–Kier alpha value is -2.51. The average molecular weight is 397 g/mol. The molecule has 1 saturated heterocycles. The summed E-state index contributed by atoms with van der Waals surface area (Å²) in [4.78, 5) is 30.5. The summed E-state index contributed by atoms with van der Waals surface area (Å²) >= 11 is 1.47. The molecule has 3 aromatic rings. The van der Waals surface area contributed by atoms with Gasteiger partial charge in [0.15, 0.2) is 0 Å². The summed E-state index contributed by atoms with van der Waals surface area (Å²) in [6, 6.07) is 8.37. The van der Waals surface area contributed by atoms with Crippen molar-refractivity contribution in [2.45, 2.75) is 38.8 Å². The largest absolute Gasteiger partial charge is 0.353 e. The number of thiophene rings is 1. The summed E-state index contributed by atoms with van der Waals surface area (Å²) < 4.78 is 1.55. The van der Waals surface area contributed by atoms with Crippen molar-refractivity contribution in [3.8, 4) is 11.1 Å². The van der Waals surface area contributed by atoms with Crippen LogP contribution in [0, 0.1) is 6.92 Å². The van der Waals surface area contributed by atoms with Gasteiger partial charge in [0.2, 0.25) is 5.91 Å². The van der Waals surface area contributed by atoms with Gasteiger partial charge in [-0.3, -0.25) is 14.2 Å². The molecular weight excluding hydrogens is 372 g/mol. The molecule has 6 nitrogen and oxygen atoms in total. The highest BCUT2D eigenvalue weighted by Crippen LogP contribution is 2.30. The lowest BCUT2D eigenvalue weighted by Gasteiger charge is -2.23. The number of piperidine rings is 1. The van der Waals surface area contributed by atoms with Crippen LogP contribution < -0.4 is 16.2 Å². The molecule has 2 aromatic heterocycles. The standard InChI is InChI=1S/C21H24N4O2S/c1-14-2-4-15(5-3-14)17-12-28-20-19(17)21(27)25(13-23-20)11-8-18(26)24-16-6-9-22-10-7-16/h2-5,12-13,16,22H,6-11H2,1H3,(H,24,26). The molecular formula is C21H24N4O2S. The number of fused-ring (bicyclic) bond motifs is 1. The maximum absolute atomic E-state index is 13.0. The molecule has 1 fully saturated rings. The minimum atomic E-state index is -0.0866. The van der Waals surface area contributed by atoms with Crippen LogP contribution in [0.15, 0.2) is 40.8 Å². The van der Waals surface area contributed by atoms with E-state index in [0.29, 0.717) is 11.9 Å². The molecule has 28 heavy (non-hydrogen) atoms. The van der Waals surface area contributed by atoms with Crippen LogP contribution in [0.25, 0.3) is 21.3 Å². The summed E-state index contributed by atoms with van der Waals surface area (Å²) in [5.41, 5.74) is 3.01. The third-order valence-electron chi connectivity index (χ3n) is 5.21. The van der Waals surface area contributed by atoms with Gasteiger partial charge in [-0.2, -0.15) is 0 Å². The normalized spacial score (nSPS) is 15.0. The molecule has 0 radical (unpaired) electrons. The van der Waals surface area contributed by atoms with Crippen LogP contribution in [0.3, 0.4) is 0 Å². The van der Waals surface area contributed by atoms with Gasteiger partial charge in [-0.1, -0.05) is 29.8 Å². The van der Waals surface area contributed by atoms with Crippen molar-refractivity contribution in [1.29, 1.82) is 0 Å². The fraction of sp³-hybridized carbons (Fsp3) is 0.381. The zero-order valence-electron chi connectivity index (χ0n) is 15.9. The Kier molecular flexibility index (Phi) is 5.54. The van der Waals surface area contributed by atoms with Crippen molar-refractivity contribution >= 4 is 27.5 Å². The number of aromatic nitrogens is 2. The molecule has 1 aromatic carbocycles.